The van der Waals surface area contributed by atoms with Crippen molar-refractivity contribution in [1.82, 2.24) is 4.57 Å². The molecule has 0 saturated heterocycles. The maximum Gasteiger partial charge on any atom is 0.173 e. The first-order chi connectivity index (χ1) is 17.5. The molecule has 5 rings (SSSR count). The number of Topliss-reactive ketones (excluding diaryl/α,β-unsaturated/α-hetero) is 2. The number of hydrogen-bond acceptors (Lipinski definition) is 2. The van der Waals surface area contributed by atoms with Gasteiger partial charge in [0.1, 0.15) is 0 Å². The van der Waals surface area contributed by atoms with E-state index in [9.17, 15) is 9.59 Å². The molecule has 178 valence electrons. The average molecular weight is 472 g/mol. The van der Waals surface area contributed by atoms with Gasteiger partial charge < -0.3 is 4.57 Å². The second-order valence-corrected chi connectivity index (χ2v) is 9.42. The van der Waals surface area contributed by atoms with Gasteiger partial charge in [-0.1, -0.05) is 109 Å². The van der Waals surface area contributed by atoms with Gasteiger partial charge in [0.25, 0.3) is 0 Å². The van der Waals surface area contributed by atoms with E-state index in [1.54, 1.807) is 24.3 Å². The molecular weight excluding hydrogens is 442 g/mol. The monoisotopic (exact) mass is 471 g/mol. The number of benzene rings is 4. The molecule has 0 spiro atoms. The second kappa shape index (κ2) is 10.2. The minimum atomic E-state index is -0.805. The van der Waals surface area contributed by atoms with Crippen molar-refractivity contribution in [2.75, 3.05) is 0 Å². The number of aryl methyl sites for hydroxylation is 2. The lowest BCUT2D eigenvalue weighted by atomic mass is 9.78. The van der Waals surface area contributed by atoms with E-state index in [2.05, 4.69) is 54.1 Å². The van der Waals surface area contributed by atoms with E-state index in [-0.39, 0.29) is 17.5 Å². The first kappa shape index (κ1) is 23.5. The molecule has 1 heterocycles. The maximum absolute atomic E-state index is 13.9. The molecule has 3 nitrogen and oxygen atoms in total. The molecule has 5 aromatic rings. The molecule has 0 bridgehead atoms. The molecule has 0 fully saturated rings. The van der Waals surface area contributed by atoms with Gasteiger partial charge in [0.2, 0.25) is 0 Å². The van der Waals surface area contributed by atoms with Crippen molar-refractivity contribution in [2.24, 2.45) is 13.0 Å². The molecule has 0 radical (unpaired) electrons. The molecule has 0 aliphatic carbocycles. The Morgan fingerprint density at radius 3 is 1.81 bits per heavy atom. The van der Waals surface area contributed by atoms with Crippen LogP contribution in [0.3, 0.4) is 0 Å². The summed E-state index contributed by atoms with van der Waals surface area (Å²) < 4.78 is 2.12. The number of para-hydroxylation sites is 1. The fraction of sp³-hybridized carbons (Fsp3) is 0.152. The number of nitrogens with zero attached hydrogens (tertiary/aromatic N) is 1. The van der Waals surface area contributed by atoms with E-state index in [1.165, 1.54) is 5.56 Å². The highest BCUT2D eigenvalue weighted by atomic mass is 16.2. The number of aromatic nitrogens is 1. The van der Waals surface area contributed by atoms with Crippen molar-refractivity contribution in [2.45, 2.75) is 19.3 Å². The van der Waals surface area contributed by atoms with Gasteiger partial charge >= 0.3 is 0 Å². The number of carbonyl (C=O) groups excluding carboxylic acids is 2. The lowest BCUT2D eigenvalue weighted by molar-refractivity contribution is 0.0796. The fourth-order valence-corrected chi connectivity index (χ4v) is 5.07. The molecule has 36 heavy (non-hydrogen) atoms. The molecular formula is C33H29NO2. The zero-order valence-electron chi connectivity index (χ0n) is 20.6. The number of hydrogen-bond donors (Lipinski definition) is 0. The van der Waals surface area contributed by atoms with Crippen LogP contribution in [0.1, 0.15) is 49.7 Å². The summed E-state index contributed by atoms with van der Waals surface area (Å²) in [5.41, 5.74) is 5.66. The number of fused-ring (bicyclic) bond motifs is 1. The summed E-state index contributed by atoms with van der Waals surface area (Å²) in [7, 11) is 2.04. The van der Waals surface area contributed by atoms with Crippen molar-refractivity contribution in [1.29, 1.82) is 0 Å². The first-order valence-corrected chi connectivity index (χ1v) is 12.3. The summed E-state index contributed by atoms with van der Waals surface area (Å²) in [6.07, 6.45) is 2.53. The molecule has 4 aromatic carbocycles. The van der Waals surface area contributed by atoms with Crippen LogP contribution in [-0.4, -0.2) is 16.1 Å². The van der Waals surface area contributed by atoms with E-state index in [4.69, 9.17) is 0 Å². The molecule has 0 saturated carbocycles. The summed E-state index contributed by atoms with van der Waals surface area (Å²) >= 11 is 0. The van der Waals surface area contributed by atoms with Crippen LogP contribution in [0.15, 0.2) is 115 Å². The molecule has 1 atom stereocenters. The standard InChI is InChI=1S/C33H29NO2/c1-23-17-19-24(20-18-23)28(30-22-34(2)31-16-10-9-15-27(30)31)21-29(32(35)25-11-5-3-6-12-25)33(36)26-13-7-4-8-14-26/h3-20,22,28-29H,21H2,1-2H3/t28-/m1/s1. The number of rotatable bonds is 8. The molecule has 0 aliphatic heterocycles. The third-order valence-corrected chi connectivity index (χ3v) is 7.00. The Morgan fingerprint density at radius 2 is 1.22 bits per heavy atom. The lowest BCUT2D eigenvalue weighted by Crippen LogP contribution is -2.27. The van der Waals surface area contributed by atoms with E-state index in [0.717, 1.165) is 22.0 Å². The maximum atomic E-state index is 13.9. The van der Waals surface area contributed by atoms with E-state index >= 15 is 0 Å². The van der Waals surface area contributed by atoms with Gasteiger partial charge in [-0.2, -0.15) is 0 Å². The molecule has 0 aliphatic rings. The van der Waals surface area contributed by atoms with Gasteiger partial charge in [0.15, 0.2) is 11.6 Å². The van der Waals surface area contributed by atoms with Crippen LogP contribution in [0.5, 0.6) is 0 Å². The van der Waals surface area contributed by atoms with Crippen molar-refractivity contribution >= 4 is 22.5 Å². The van der Waals surface area contributed by atoms with Gasteiger partial charge in [-0.25, -0.2) is 0 Å². The Bertz CT molecular complexity index is 1450. The van der Waals surface area contributed by atoms with Crippen LogP contribution >= 0.6 is 0 Å². The largest absolute Gasteiger partial charge is 0.350 e. The zero-order valence-corrected chi connectivity index (χ0v) is 20.6. The van der Waals surface area contributed by atoms with Crippen molar-refractivity contribution in [3.05, 3.63) is 143 Å². The third kappa shape index (κ3) is 4.65. The Morgan fingerprint density at radius 1 is 0.694 bits per heavy atom. The summed E-state index contributed by atoms with van der Waals surface area (Å²) in [5.74, 6) is -1.20. The highest BCUT2D eigenvalue weighted by Crippen LogP contribution is 2.38. The fourth-order valence-electron chi connectivity index (χ4n) is 5.07. The van der Waals surface area contributed by atoms with Crippen LogP contribution < -0.4 is 0 Å². The second-order valence-electron chi connectivity index (χ2n) is 9.42. The average Bonchev–Trinajstić information content (AvgIpc) is 3.26. The predicted molar refractivity (Wildman–Crippen MR) is 146 cm³/mol. The highest BCUT2D eigenvalue weighted by Gasteiger charge is 2.33. The van der Waals surface area contributed by atoms with Gasteiger partial charge in [-0.3, -0.25) is 9.59 Å². The molecule has 0 amide bonds. The minimum Gasteiger partial charge on any atom is -0.350 e. The first-order valence-electron chi connectivity index (χ1n) is 12.3. The zero-order chi connectivity index (χ0) is 25.1. The normalized spacial score (nSPS) is 12.1. The van der Waals surface area contributed by atoms with Crippen molar-refractivity contribution in [3.63, 3.8) is 0 Å². The van der Waals surface area contributed by atoms with Crippen molar-refractivity contribution in [3.8, 4) is 0 Å². The van der Waals surface area contributed by atoms with Gasteiger partial charge in [0, 0.05) is 41.2 Å². The van der Waals surface area contributed by atoms with Crippen LogP contribution in [0.4, 0.5) is 0 Å². The van der Waals surface area contributed by atoms with E-state index in [0.29, 0.717) is 17.5 Å². The number of carbonyl (C=O) groups is 2. The van der Waals surface area contributed by atoms with E-state index < -0.39 is 5.92 Å². The number of ketones is 2. The molecule has 0 N–H and O–H groups in total. The van der Waals surface area contributed by atoms with Crippen LogP contribution in [-0.2, 0) is 7.05 Å². The minimum absolute atomic E-state index is 0.123. The Labute approximate surface area is 212 Å². The summed E-state index contributed by atoms with van der Waals surface area (Å²) in [6.45, 7) is 2.07. The van der Waals surface area contributed by atoms with E-state index in [1.807, 2.05) is 55.6 Å². The predicted octanol–water partition coefficient (Wildman–Crippen LogP) is 7.39. The topological polar surface area (TPSA) is 39.1 Å². The smallest absolute Gasteiger partial charge is 0.173 e. The third-order valence-electron chi connectivity index (χ3n) is 7.00. The Balaban J connectivity index is 1.64. The van der Waals surface area contributed by atoms with Crippen LogP contribution in [0.25, 0.3) is 10.9 Å². The van der Waals surface area contributed by atoms with Gasteiger partial charge in [0.05, 0.1) is 5.92 Å². The quantitative estimate of drug-likeness (QED) is 0.175. The SMILES string of the molecule is Cc1ccc([C@@H](CC(C(=O)c2ccccc2)C(=O)c2ccccc2)c2cn(C)c3ccccc23)cc1. The molecule has 0 unspecified atom stereocenters. The molecule has 1 aromatic heterocycles. The summed E-state index contributed by atoms with van der Waals surface area (Å²) in [5, 5.41) is 1.14. The van der Waals surface area contributed by atoms with Gasteiger partial charge in [-0.05, 0) is 30.5 Å². The van der Waals surface area contributed by atoms with Crippen LogP contribution in [0.2, 0.25) is 0 Å². The summed E-state index contributed by atoms with van der Waals surface area (Å²) in [6, 6.07) is 35.1. The Hall–Kier alpha value is -4.24. The summed E-state index contributed by atoms with van der Waals surface area (Å²) in [4.78, 5) is 27.7. The van der Waals surface area contributed by atoms with Crippen LogP contribution in [0, 0.1) is 12.8 Å². The Kier molecular flexibility index (Phi) is 6.64. The van der Waals surface area contributed by atoms with Gasteiger partial charge in [-0.15, -0.1) is 0 Å². The van der Waals surface area contributed by atoms with Crippen molar-refractivity contribution < 1.29 is 9.59 Å². The highest BCUT2D eigenvalue weighted by molar-refractivity contribution is 6.16. The molecule has 3 heteroatoms. The lowest BCUT2D eigenvalue weighted by Gasteiger charge is -2.23.